The number of nitrogens with zero attached hydrogens (tertiary/aromatic N) is 1. The van der Waals surface area contributed by atoms with Gasteiger partial charge in [-0.05, 0) is 30.3 Å². The summed E-state index contributed by atoms with van der Waals surface area (Å²) in [4.78, 5) is 19.4. The minimum atomic E-state index is -0.410. The number of hydrogen-bond donors (Lipinski definition) is 1. The van der Waals surface area contributed by atoms with Gasteiger partial charge in [0.05, 0.1) is 18.0 Å². The first-order valence-electron chi connectivity index (χ1n) is 5.74. The maximum absolute atomic E-state index is 11.8. The number of nitrogens with one attached hydrogen (secondary N) is 1. The summed E-state index contributed by atoms with van der Waals surface area (Å²) in [5, 5.41) is 1.23. The average Bonchev–Trinajstić information content (AvgIpc) is 3.09. The van der Waals surface area contributed by atoms with Gasteiger partial charge < -0.3 is 9.72 Å². The van der Waals surface area contributed by atoms with E-state index in [1.165, 1.54) is 7.11 Å². The molecule has 18 heavy (non-hydrogen) atoms. The first-order valence-corrected chi connectivity index (χ1v) is 6.53. The predicted octanol–water partition coefficient (Wildman–Crippen LogP) is 1.32. The Morgan fingerprint density at radius 3 is 2.78 bits per heavy atom. The third-order valence-electron chi connectivity index (χ3n) is 2.76. The minimum absolute atomic E-state index is 0.410. The van der Waals surface area contributed by atoms with Crippen molar-refractivity contribution < 1.29 is 9.53 Å². The second kappa shape index (κ2) is 5.10. The number of carbonyl (C=O) groups is 1. The van der Waals surface area contributed by atoms with E-state index in [9.17, 15) is 4.79 Å². The zero-order chi connectivity index (χ0) is 13.3. The van der Waals surface area contributed by atoms with E-state index in [4.69, 9.17) is 4.74 Å². The second-order valence-corrected chi connectivity index (χ2v) is 5.61. The summed E-state index contributed by atoms with van der Waals surface area (Å²) in [7, 11) is 1.36. The lowest BCUT2D eigenvalue weighted by Crippen LogP contribution is -2.28. The van der Waals surface area contributed by atoms with E-state index in [1.54, 1.807) is 6.08 Å². The van der Waals surface area contributed by atoms with Crippen LogP contribution in [0.4, 0.5) is 0 Å². The van der Waals surface area contributed by atoms with Gasteiger partial charge in [-0.25, -0.2) is 9.78 Å². The molecule has 0 radical (unpaired) electrons. The van der Waals surface area contributed by atoms with Gasteiger partial charge in [-0.15, -0.1) is 0 Å². The Balaban J connectivity index is 2.62. The molecule has 0 aliphatic heterocycles. The molecule has 0 atom stereocenters. The Morgan fingerprint density at radius 1 is 1.61 bits per heavy atom. The Labute approximate surface area is 114 Å². The van der Waals surface area contributed by atoms with Crippen LogP contribution in [0.3, 0.4) is 0 Å². The van der Waals surface area contributed by atoms with Gasteiger partial charge in [0.15, 0.2) is 0 Å². The number of esters is 1. The van der Waals surface area contributed by atoms with Gasteiger partial charge in [-0.2, -0.15) is 0 Å². The molecule has 1 fully saturated rings. The van der Waals surface area contributed by atoms with Crippen LogP contribution in [0.1, 0.15) is 31.5 Å². The van der Waals surface area contributed by atoms with Crippen LogP contribution >= 0.6 is 15.9 Å². The third kappa shape index (κ3) is 2.72. The molecular weight excluding hydrogens is 296 g/mol. The number of carbonyl (C=O) groups excluding carboxylic acids is 1. The Hall–Kier alpha value is -1.36. The summed E-state index contributed by atoms with van der Waals surface area (Å²) in [6.45, 7) is 5.75. The molecule has 2 rings (SSSR count). The molecule has 1 aliphatic carbocycles. The van der Waals surface area contributed by atoms with Crippen molar-refractivity contribution in [1.82, 2.24) is 9.97 Å². The number of hydrogen-bond acceptors (Lipinski definition) is 3. The molecule has 96 valence electrons. The second-order valence-electron chi connectivity index (χ2n) is 4.36. The average molecular weight is 311 g/mol. The summed E-state index contributed by atoms with van der Waals surface area (Å²) < 4.78 is 5.62. The van der Waals surface area contributed by atoms with E-state index < -0.39 is 5.97 Å². The molecule has 5 heteroatoms. The Bertz CT molecular complexity index is 607. The number of rotatable bonds is 3. The molecular formula is C13H15BrN2O2. The zero-order valence-electron chi connectivity index (χ0n) is 10.4. The van der Waals surface area contributed by atoms with Crippen LogP contribution in [0.2, 0.25) is 0 Å². The van der Waals surface area contributed by atoms with Crippen molar-refractivity contribution in [3.05, 3.63) is 27.1 Å². The number of halogens is 1. The lowest BCUT2D eigenvalue weighted by atomic mass is 10.2. The molecule has 0 saturated heterocycles. The number of aromatic amines is 1. The zero-order valence-corrected chi connectivity index (χ0v) is 12.0. The normalized spacial score (nSPS) is 17.6. The van der Waals surface area contributed by atoms with Crippen LogP contribution in [-0.4, -0.2) is 23.0 Å². The Kier molecular flexibility index (Phi) is 3.71. The van der Waals surface area contributed by atoms with Crippen LogP contribution in [0.25, 0.3) is 12.2 Å². The molecule has 0 bridgehead atoms. The first-order chi connectivity index (χ1) is 8.52. The molecule has 4 nitrogen and oxygen atoms in total. The molecule has 1 saturated carbocycles. The standard InChI is InChI=1S/C13H15BrN2O2/c1-7(14)6-10(13(17)18-3)11-8(2)15-12(16-11)9-4-5-9/h6,9H,2,4-5H2,1,3H3,(H,15,16)/b7-6+,11-10-. The highest BCUT2D eigenvalue weighted by Gasteiger charge is 2.26. The van der Waals surface area contributed by atoms with Crippen molar-refractivity contribution in [3.8, 4) is 0 Å². The highest BCUT2D eigenvalue weighted by atomic mass is 79.9. The summed E-state index contributed by atoms with van der Waals surface area (Å²) >= 11 is 3.32. The first kappa shape index (κ1) is 13.1. The fourth-order valence-electron chi connectivity index (χ4n) is 1.74. The molecule has 0 aromatic carbocycles. The number of H-pyrrole nitrogens is 1. The Morgan fingerprint density at radius 2 is 2.28 bits per heavy atom. The molecule has 1 N–H and O–H groups in total. The van der Waals surface area contributed by atoms with Gasteiger partial charge in [0.2, 0.25) is 0 Å². The van der Waals surface area contributed by atoms with Crippen LogP contribution in [0.5, 0.6) is 0 Å². The lowest BCUT2D eigenvalue weighted by molar-refractivity contribution is -0.133. The van der Waals surface area contributed by atoms with E-state index in [1.807, 2.05) is 6.92 Å². The minimum Gasteiger partial charge on any atom is -0.465 e. The molecule has 1 aliphatic rings. The quantitative estimate of drug-likeness (QED) is 0.857. The van der Waals surface area contributed by atoms with E-state index in [-0.39, 0.29) is 0 Å². The van der Waals surface area contributed by atoms with Crippen LogP contribution in [-0.2, 0) is 9.53 Å². The van der Waals surface area contributed by atoms with Gasteiger partial charge >= 0.3 is 5.97 Å². The van der Waals surface area contributed by atoms with Crippen LogP contribution in [0.15, 0.2) is 10.6 Å². The van der Waals surface area contributed by atoms with Crippen molar-refractivity contribution in [3.63, 3.8) is 0 Å². The summed E-state index contributed by atoms with van der Waals surface area (Å²) in [6.07, 6.45) is 3.99. The van der Waals surface area contributed by atoms with Gasteiger partial charge in [0, 0.05) is 5.92 Å². The highest BCUT2D eigenvalue weighted by molar-refractivity contribution is 9.11. The maximum atomic E-state index is 11.8. The highest BCUT2D eigenvalue weighted by Crippen LogP contribution is 2.37. The SMILES string of the molecule is C=c1[nH]c(C2CC2)n/c1=C(/C=C(\C)Br)C(=O)OC. The predicted molar refractivity (Wildman–Crippen MR) is 73.4 cm³/mol. The van der Waals surface area contributed by atoms with Crippen molar-refractivity contribution in [1.29, 1.82) is 0 Å². The topological polar surface area (TPSA) is 55.0 Å². The van der Waals surface area contributed by atoms with Crippen molar-refractivity contribution in [2.45, 2.75) is 25.7 Å². The number of aromatic nitrogens is 2. The number of methoxy groups -OCH3 is 1. The summed E-state index contributed by atoms with van der Waals surface area (Å²) in [6, 6.07) is 0. The van der Waals surface area contributed by atoms with Gasteiger partial charge in [0.1, 0.15) is 11.2 Å². The van der Waals surface area contributed by atoms with E-state index in [0.717, 1.165) is 23.1 Å². The molecule has 1 aromatic rings. The monoisotopic (exact) mass is 310 g/mol. The van der Waals surface area contributed by atoms with Crippen LogP contribution in [0, 0.1) is 0 Å². The maximum Gasteiger partial charge on any atom is 0.340 e. The molecule has 1 heterocycles. The van der Waals surface area contributed by atoms with E-state index in [0.29, 0.717) is 22.2 Å². The summed E-state index contributed by atoms with van der Waals surface area (Å²) in [5.41, 5.74) is 0.417. The van der Waals surface area contributed by atoms with Gasteiger partial charge in [-0.1, -0.05) is 22.5 Å². The third-order valence-corrected chi connectivity index (χ3v) is 2.99. The van der Waals surface area contributed by atoms with Gasteiger partial charge in [-0.3, -0.25) is 0 Å². The number of allylic oxidation sites excluding steroid dienone is 1. The number of imidazole rings is 1. The lowest BCUT2D eigenvalue weighted by Gasteiger charge is -1.98. The number of ether oxygens (including phenoxy) is 1. The fraction of sp³-hybridized carbons (Fsp3) is 0.385. The largest absolute Gasteiger partial charge is 0.465 e. The van der Waals surface area contributed by atoms with E-state index >= 15 is 0 Å². The summed E-state index contributed by atoms with van der Waals surface area (Å²) in [5.74, 6) is 0.997. The van der Waals surface area contributed by atoms with E-state index in [2.05, 4.69) is 32.5 Å². The fourth-order valence-corrected chi connectivity index (χ4v) is 1.96. The van der Waals surface area contributed by atoms with Crippen molar-refractivity contribution in [2.75, 3.05) is 7.11 Å². The van der Waals surface area contributed by atoms with Gasteiger partial charge in [0.25, 0.3) is 0 Å². The molecule has 1 aromatic heterocycles. The van der Waals surface area contributed by atoms with Crippen molar-refractivity contribution >= 4 is 34.1 Å². The molecule has 0 unspecified atom stereocenters. The molecule has 0 spiro atoms. The van der Waals surface area contributed by atoms with Crippen LogP contribution < -0.4 is 10.7 Å². The molecule has 0 amide bonds. The van der Waals surface area contributed by atoms with Crippen molar-refractivity contribution in [2.24, 2.45) is 0 Å². The smallest absolute Gasteiger partial charge is 0.340 e.